The van der Waals surface area contributed by atoms with Gasteiger partial charge in [0.2, 0.25) is 5.91 Å². The quantitative estimate of drug-likeness (QED) is 0.878. The number of hydrogen-bond acceptors (Lipinski definition) is 3. The van der Waals surface area contributed by atoms with E-state index in [1.807, 2.05) is 25.6 Å². The summed E-state index contributed by atoms with van der Waals surface area (Å²) < 4.78 is 7.39. The Balaban J connectivity index is 2.02. The summed E-state index contributed by atoms with van der Waals surface area (Å²) >= 11 is 0. The van der Waals surface area contributed by atoms with Crippen LogP contribution in [0.25, 0.3) is 0 Å². The van der Waals surface area contributed by atoms with Crippen molar-refractivity contribution in [2.45, 2.75) is 46.3 Å². The van der Waals surface area contributed by atoms with Gasteiger partial charge >= 0.3 is 0 Å². The molecule has 1 aliphatic rings. The average molecular weight is 265 g/mol. The molecule has 0 atom stereocenters. The number of carbonyl (C=O) groups is 1. The fraction of sp³-hybridized carbons (Fsp3) is 0.714. The van der Waals surface area contributed by atoms with Gasteiger partial charge in [-0.15, -0.1) is 0 Å². The van der Waals surface area contributed by atoms with Gasteiger partial charge in [0.1, 0.15) is 0 Å². The molecule has 1 aromatic heterocycles. The van der Waals surface area contributed by atoms with Crippen molar-refractivity contribution in [3.63, 3.8) is 0 Å². The lowest BCUT2D eigenvalue weighted by Gasteiger charge is -2.15. The third kappa shape index (κ3) is 2.97. The molecule has 5 nitrogen and oxygen atoms in total. The molecule has 1 amide bonds. The summed E-state index contributed by atoms with van der Waals surface area (Å²) in [5.41, 5.74) is 3.33. The van der Waals surface area contributed by atoms with E-state index in [4.69, 9.17) is 4.74 Å². The normalized spacial score (nSPS) is 14.5. The van der Waals surface area contributed by atoms with Crippen LogP contribution in [0, 0.1) is 5.92 Å². The van der Waals surface area contributed by atoms with Crippen molar-refractivity contribution in [3.8, 4) is 0 Å². The Morgan fingerprint density at radius 1 is 1.47 bits per heavy atom. The first-order valence-corrected chi connectivity index (χ1v) is 7.06. The molecule has 0 spiro atoms. The highest BCUT2D eigenvalue weighted by atomic mass is 16.5. The lowest BCUT2D eigenvalue weighted by atomic mass is 10.0. The third-order valence-electron chi connectivity index (χ3n) is 3.87. The minimum Gasteiger partial charge on any atom is -0.376 e. The van der Waals surface area contributed by atoms with E-state index < -0.39 is 0 Å². The summed E-state index contributed by atoms with van der Waals surface area (Å²) in [5, 5.41) is 7.49. The van der Waals surface area contributed by atoms with Crippen LogP contribution >= 0.6 is 0 Å². The maximum Gasteiger partial charge on any atom is 0.223 e. The van der Waals surface area contributed by atoms with E-state index in [1.54, 1.807) is 0 Å². The molecule has 0 fully saturated rings. The van der Waals surface area contributed by atoms with Crippen molar-refractivity contribution in [3.05, 3.63) is 17.0 Å². The van der Waals surface area contributed by atoms with Crippen LogP contribution in [0.1, 0.15) is 43.6 Å². The van der Waals surface area contributed by atoms with Gasteiger partial charge < -0.3 is 10.1 Å². The Hall–Kier alpha value is -1.36. The van der Waals surface area contributed by atoms with Crippen LogP contribution in [0.4, 0.5) is 0 Å². The molecule has 0 saturated carbocycles. The molecule has 0 unspecified atom stereocenters. The van der Waals surface area contributed by atoms with E-state index in [1.165, 1.54) is 5.69 Å². The lowest BCUT2D eigenvalue weighted by molar-refractivity contribution is -0.125. The topological polar surface area (TPSA) is 56.2 Å². The molecule has 0 radical (unpaired) electrons. The van der Waals surface area contributed by atoms with Crippen molar-refractivity contribution in [2.24, 2.45) is 13.0 Å². The fourth-order valence-electron chi connectivity index (χ4n) is 2.60. The van der Waals surface area contributed by atoms with Gasteiger partial charge in [-0.05, 0) is 12.8 Å². The maximum absolute atomic E-state index is 12.0. The van der Waals surface area contributed by atoms with Crippen molar-refractivity contribution in [1.29, 1.82) is 0 Å². The Bertz CT molecular complexity index is 450. The molecule has 1 aromatic rings. The first-order chi connectivity index (χ1) is 9.17. The molecule has 1 N–H and O–H groups in total. The van der Waals surface area contributed by atoms with E-state index >= 15 is 0 Å². The molecule has 2 heterocycles. The molecule has 0 bridgehead atoms. The Morgan fingerprint density at radius 2 is 2.21 bits per heavy atom. The van der Waals surface area contributed by atoms with Crippen molar-refractivity contribution in [1.82, 2.24) is 15.1 Å². The molecule has 0 aliphatic carbocycles. The van der Waals surface area contributed by atoms with Gasteiger partial charge in [-0.2, -0.15) is 5.10 Å². The van der Waals surface area contributed by atoms with Crippen LogP contribution in [-0.2, 0) is 36.2 Å². The highest BCUT2D eigenvalue weighted by Crippen LogP contribution is 2.20. The summed E-state index contributed by atoms with van der Waals surface area (Å²) in [6.07, 6.45) is 2.66. The van der Waals surface area contributed by atoms with Crippen LogP contribution < -0.4 is 5.32 Å². The monoisotopic (exact) mass is 265 g/mol. The van der Waals surface area contributed by atoms with Crippen LogP contribution in [0.15, 0.2) is 0 Å². The SMILES string of the molecule is CCC(CC)C(=O)NCc1nn(C)c2c1COCC2. The van der Waals surface area contributed by atoms with Crippen molar-refractivity contribution in [2.75, 3.05) is 6.61 Å². The van der Waals surface area contributed by atoms with E-state index in [9.17, 15) is 4.79 Å². The van der Waals surface area contributed by atoms with Crippen LogP contribution in [0.5, 0.6) is 0 Å². The second-order valence-corrected chi connectivity index (χ2v) is 5.03. The molecular weight excluding hydrogens is 242 g/mol. The predicted octanol–water partition coefficient (Wildman–Crippen LogP) is 1.55. The Kier molecular flexibility index (Phi) is 4.58. The molecule has 0 aromatic carbocycles. The van der Waals surface area contributed by atoms with Crippen molar-refractivity contribution >= 4 is 5.91 Å². The summed E-state index contributed by atoms with van der Waals surface area (Å²) in [6, 6.07) is 0. The summed E-state index contributed by atoms with van der Waals surface area (Å²) in [7, 11) is 1.95. The first kappa shape index (κ1) is 14.1. The number of ether oxygens (including phenoxy) is 1. The highest BCUT2D eigenvalue weighted by molar-refractivity contribution is 5.78. The second-order valence-electron chi connectivity index (χ2n) is 5.03. The lowest BCUT2D eigenvalue weighted by Crippen LogP contribution is -2.30. The summed E-state index contributed by atoms with van der Waals surface area (Å²) in [4.78, 5) is 12.0. The van der Waals surface area contributed by atoms with E-state index in [-0.39, 0.29) is 11.8 Å². The van der Waals surface area contributed by atoms with Crippen molar-refractivity contribution < 1.29 is 9.53 Å². The van der Waals surface area contributed by atoms with E-state index in [0.717, 1.165) is 37.1 Å². The number of carbonyl (C=O) groups excluding carboxylic acids is 1. The molecule has 0 saturated heterocycles. The molecule has 2 rings (SSSR count). The number of rotatable bonds is 5. The third-order valence-corrected chi connectivity index (χ3v) is 3.87. The number of nitrogens with one attached hydrogen (secondary N) is 1. The predicted molar refractivity (Wildman–Crippen MR) is 72.5 cm³/mol. The highest BCUT2D eigenvalue weighted by Gasteiger charge is 2.21. The van der Waals surface area contributed by atoms with Gasteiger partial charge in [-0.3, -0.25) is 9.48 Å². The number of fused-ring (bicyclic) bond motifs is 1. The average Bonchev–Trinajstić information content (AvgIpc) is 2.75. The number of amides is 1. The number of aromatic nitrogens is 2. The van der Waals surface area contributed by atoms with Gasteiger partial charge in [0.25, 0.3) is 0 Å². The zero-order valence-corrected chi connectivity index (χ0v) is 12.0. The number of nitrogens with zero attached hydrogens (tertiary/aromatic N) is 2. The Morgan fingerprint density at radius 3 is 2.89 bits per heavy atom. The zero-order chi connectivity index (χ0) is 13.8. The van der Waals surface area contributed by atoms with E-state index in [0.29, 0.717) is 13.2 Å². The number of aryl methyl sites for hydroxylation is 1. The maximum atomic E-state index is 12.0. The minimum atomic E-state index is 0.107. The van der Waals surface area contributed by atoms with Gasteiger partial charge in [-0.1, -0.05) is 13.8 Å². The van der Waals surface area contributed by atoms with Crippen LogP contribution in [0.3, 0.4) is 0 Å². The molecular formula is C14H23N3O2. The van der Waals surface area contributed by atoms with Gasteiger partial charge in [-0.25, -0.2) is 0 Å². The second kappa shape index (κ2) is 6.19. The van der Waals surface area contributed by atoms with Gasteiger partial charge in [0, 0.05) is 30.6 Å². The van der Waals surface area contributed by atoms with Gasteiger partial charge in [0.15, 0.2) is 0 Å². The van der Waals surface area contributed by atoms with Gasteiger partial charge in [0.05, 0.1) is 25.5 Å². The first-order valence-electron chi connectivity index (χ1n) is 7.06. The smallest absolute Gasteiger partial charge is 0.223 e. The minimum absolute atomic E-state index is 0.107. The summed E-state index contributed by atoms with van der Waals surface area (Å²) in [5.74, 6) is 0.233. The van der Waals surface area contributed by atoms with Crippen LogP contribution in [0.2, 0.25) is 0 Å². The standard InChI is InChI=1S/C14H23N3O2/c1-4-10(5-2)14(18)15-8-12-11-9-19-7-6-13(11)17(3)16-12/h10H,4-9H2,1-3H3,(H,15,18). The van der Waals surface area contributed by atoms with E-state index in [2.05, 4.69) is 10.4 Å². The Labute approximate surface area is 114 Å². The largest absolute Gasteiger partial charge is 0.376 e. The molecule has 106 valence electrons. The summed E-state index contributed by atoms with van der Waals surface area (Å²) in [6.45, 7) is 5.96. The fourth-order valence-corrected chi connectivity index (χ4v) is 2.60. The molecule has 5 heteroatoms. The molecule has 19 heavy (non-hydrogen) atoms. The molecule has 1 aliphatic heterocycles. The van der Waals surface area contributed by atoms with Crippen LogP contribution in [-0.4, -0.2) is 22.3 Å². The number of hydrogen-bond donors (Lipinski definition) is 1. The zero-order valence-electron chi connectivity index (χ0n) is 12.0.